The number of carbonyl (C=O) groups is 3. The van der Waals surface area contributed by atoms with Crippen molar-refractivity contribution in [2.24, 2.45) is 0 Å². The minimum absolute atomic E-state index is 0.0358. The minimum Gasteiger partial charge on any atom is -0.465 e. The van der Waals surface area contributed by atoms with E-state index >= 15 is 0 Å². The third-order valence-corrected chi connectivity index (χ3v) is 6.81. The molecule has 0 radical (unpaired) electrons. The summed E-state index contributed by atoms with van der Waals surface area (Å²) in [5, 5.41) is 25.9. The number of hydrogen-bond donors (Lipinski definition) is 5. The van der Waals surface area contributed by atoms with Gasteiger partial charge in [0.25, 0.3) is 0 Å². The van der Waals surface area contributed by atoms with Crippen LogP contribution in [0.4, 0.5) is 9.18 Å². The molecule has 0 spiro atoms. The molecule has 0 aliphatic carbocycles. The second-order valence-electron chi connectivity index (χ2n) is 7.64. The molecule has 0 saturated heterocycles. The number of amides is 3. The van der Waals surface area contributed by atoms with Crippen LogP contribution in [0.25, 0.3) is 0 Å². The van der Waals surface area contributed by atoms with Gasteiger partial charge in [0, 0.05) is 6.54 Å². The van der Waals surface area contributed by atoms with Gasteiger partial charge in [0.1, 0.15) is 18.0 Å². The molecule has 1 aromatic carbocycles. The van der Waals surface area contributed by atoms with Gasteiger partial charge in [-0.3, -0.25) is 14.2 Å². The van der Waals surface area contributed by atoms with E-state index < -0.39 is 56.2 Å². The van der Waals surface area contributed by atoms with E-state index in [1.165, 1.54) is 18.2 Å². The van der Waals surface area contributed by atoms with E-state index in [4.69, 9.17) is 14.2 Å². The number of rotatable bonds is 17. The van der Waals surface area contributed by atoms with Crippen molar-refractivity contribution < 1.29 is 42.6 Å². The zero-order valence-corrected chi connectivity index (χ0v) is 20.9. The van der Waals surface area contributed by atoms with Crippen molar-refractivity contribution in [3.63, 3.8) is 0 Å². The zero-order chi connectivity index (χ0) is 26.3. The van der Waals surface area contributed by atoms with Gasteiger partial charge in [-0.15, -0.1) is 0 Å². The smallest absolute Gasteiger partial charge is 0.405 e. The molecule has 0 aliphatic heterocycles. The predicted octanol–water partition coefficient (Wildman–Crippen LogP) is 2.03. The topological polar surface area (TPSA) is 163 Å². The van der Waals surface area contributed by atoms with E-state index in [1.54, 1.807) is 19.9 Å². The Morgan fingerprint density at radius 3 is 2.31 bits per heavy atom. The molecule has 11 nitrogen and oxygen atoms in total. The number of halogens is 1. The number of carbonyl (C=O) groups excluding carboxylic acids is 2. The lowest BCUT2D eigenvalue weighted by atomic mass is 10.0. The second-order valence-corrected chi connectivity index (χ2v) is 9.69. The van der Waals surface area contributed by atoms with Gasteiger partial charge in [0.15, 0.2) is 0 Å². The Kier molecular flexibility index (Phi) is 14.1. The quantitative estimate of drug-likeness (QED) is 0.154. The van der Waals surface area contributed by atoms with Crippen molar-refractivity contribution in [3.8, 4) is 0 Å². The number of aliphatic hydroxyl groups excluding tert-OH is 1. The molecule has 0 bridgehead atoms. The van der Waals surface area contributed by atoms with Crippen LogP contribution in [0.15, 0.2) is 24.3 Å². The predicted molar refractivity (Wildman–Crippen MR) is 127 cm³/mol. The van der Waals surface area contributed by atoms with Crippen LogP contribution < -0.4 is 16.0 Å². The van der Waals surface area contributed by atoms with Crippen LogP contribution in [0, 0.1) is 5.82 Å². The van der Waals surface area contributed by atoms with Crippen LogP contribution in [-0.2, 0) is 29.6 Å². The zero-order valence-electron chi connectivity index (χ0n) is 20.0. The first-order valence-corrected chi connectivity index (χ1v) is 13.2. The molecule has 0 heterocycles. The number of hydrogen-bond acceptors (Lipinski definition) is 7. The van der Waals surface area contributed by atoms with E-state index in [0.717, 1.165) is 0 Å². The molecule has 5 N–H and O–H groups in total. The van der Waals surface area contributed by atoms with Gasteiger partial charge < -0.3 is 35.2 Å². The van der Waals surface area contributed by atoms with E-state index in [1.807, 2.05) is 0 Å². The number of nitrogens with one attached hydrogen (secondary N) is 3. The summed E-state index contributed by atoms with van der Waals surface area (Å²) in [4.78, 5) is 35.8. The van der Waals surface area contributed by atoms with E-state index in [9.17, 15) is 28.4 Å². The number of benzene rings is 1. The first kappa shape index (κ1) is 30.5. The van der Waals surface area contributed by atoms with Gasteiger partial charge >= 0.3 is 13.7 Å². The largest absolute Gasteiger partial charge is 0.465 e. The summed E-state index contributed by atoms with van der Waals surface area (Å²) in [7, 11) is -3.51. The van der Waals surface area contributed by atoms with Crippen molar-refractivity contribution in [1.29, 1.82) is 0 Å². The number of unbranched alkanes of at least 4 members (excludes halogenated alkanes) is 1. The van der Waals surface area contributed by atoms with Gasteiger partial charge in [-0.1, -0.05) is 18.2 Å². The maximum Gasteiger partial charge on any atom is 0.405 e. The lowest BCUT2D eigenvalue weighted by Gasteiger charge is -2.22. The standard InChI is InChI=1S/C22H35FN3O8P/c1-3-33-35(32,34-4-2)15-20(28)24-12-8-7-11-19(26-22(30)31)21(29)25-17(14-27)13-16-9-5-6-10-18(16)23/h5-6,9-10,17,19,26-27H,3-4,7-8,11-15H2,1-2H3,(H,24,28)(H,25,29)(H,30,31)/t17-,19?/m0/s1. The normalized spacial score (nSPS) is 13.0. The van der Waals surface area contributed by atoms with Crippen LogP contribution in [0.1, 0.15) is 38.7 Å². The van der Waals surface area contributed by atoms with Crippen LogP contribution in [-0.4, -0.2) is 72.7 Å². The van der Waals surface area contributed by atoms with Crippen LogP contribution in [0.2, 0.25) is 0 Å². The Hall–Kier alpha value is -2.53. The van der Waals surface area contributed by atoms with Gasteiger partial charge in [-0.2, -0.15) is 0 Å². The lowest BCUT2D eigenvalue weighted by Crippen LogP contribution is -2.50. The summed E-state index contributed by atoms with van der Waals surface area (Å²) in [6.45, 7) is 3.32. The van der Waals surface area contributed by atoms with Crippen molar-refractivity contribution in [1.82, 2.24) is 16.0 Å². The van der Waals surface area contributed by atoms with Crippen LogP contribution in [0.3, 0.4) is 0 Å². The van der Waals surface area contributed by atoms with Crippen LogP contribution in [0.5, 0.6) is 0 Å². The summed E-state index contributed by atoms with van der Waals surface area (Å²) in [5.74, 6) is -1.63. The molecule has 0 aromatic heterocycles. The monoisotopic (exact) mass is 519 g/mol. The highest BCUT2D eigenvalue weighted by Crippen LogP contribution is 2.47. The first-order chi connectivity index (χ1) is 16.6. The fraction of sp³-hybridized carbons (Fsp3) is 0.591. The Bertz CT molecular complexity index is 863. The second kappa shape index (κ2) is 16.2. The van der Waals surface area contributed by atoms with Crippen LogP contribution >= 0.6 is 7.60 Å². The molecule has 2 atom stereocenters. The molecule has 198 valence electrons. The molecule has 35 heavy (non-hydrogen) atoms. The summed E-state index contributed by atoms with van der Waals surface area (Å²) < 4.78 is 36.4. The first-order valence-electron chi connectivity index (χ1n) is 11.4. The van der Waals surface area contributed by atoms with E-state index in [-0.39, 0.29) is 32.6 Å². The molecule has 0 aliphatic rings. The highest BCUT2D eigenvalue weighted by Gasteiger charge is 2.27. The summed E-state index contributed by atoms with van der Waals surface area (Å²) in [6.07, 6.45) is -0.843. The molecular weight excluding hydrogens is 484 g/mol. The fourth-order valence-electron chi connectivity index (χ4n) is 3.27. The van der Waals surface area contributed by atoms with Gasteiger partial charge in [-0.05, 0) is 51.2 Å². The molecule has 1 aromatic rings. The number of aliphatic hydroxyl groups is 1. The van der Waals surface area contributed by atoms with Gasteiger partial charge in [0.05, 0.1) is 25.9 Å². The van der Waals surface area contributed by atoms with Crippen molar-refractivity contribution in [3.05, 3.63) is 35.6 Å². The van der Waals surface area contributed by atoms with E-state index in [0.29, 0.717) is 18.4 Å². The molecule has 1 unspecified atom stereocenters. The fourth-order valence-corrected chi connectivity index (χ4v) is 4.77. The van der Waals surface area contributed by atoms with Crippen molar-refractivity contribution >= 4 is 25.5 Å². The Morgan fingerprint density at radius 2 is 1.74 bits per heavy atom. The van der Waals surface area contributed by atoms with E-state index in [2.05, 4.69) is 16.0 Å². The maximum absolute atomic E-state index is 13.9. The van der Waals surface area contributed by atoms with Crippen molar-refractivity contribution in [2.75, 3.05) is 32.5 Å². The molecule has 0 fully saturated rings. The summed E-state index contributed by atoms with van der Waals surface area (Å²) in [5.41, 5.74) is 0.309. The summed E-state index contributed by atoms with van der Waals surface area (Å²) >= 11 is 0. The third kappa shape index (κ3) is 12.1. The lowest BCUT2D eigenvalue weighted by molar-refractivity contribution is -0.124. The van der Waals surface area contributed by atoms with Gasteiger partial charge in [0.2, 0.25) is 11.8 Å². The molecular formula is C22H35FN3O8P. The highest BCUT2D eigenvalue weighted by molar-refractivity contribution is 7.54. The molecule has 13 heteroatoms. The molecule has 0 saturated carbocycles. The third-order valence-electron chi connectivity index (χ3n) is 4.84. The molecule has 1 rings (SSSR count). The SMILES string of the molecule is CCOP(=O)(CC(=O)NCCCCC(NC(=O)O)C(=O)N[C@H](CO)Cc1ccccc1F)OCC. The Balaban J connectivity index is 2.54. The highest BCUT2D eigenvalue weighted by atomic mass is 31.2. The summed E-state index contributed by atoms with van der Waals surface area (Å²) in [6, 6.07) is 4.06. The Morgan fingerprint density at radius 1 is 1.09 bits per heavy atom. The Labute approximate surface area is 204 Å². The van der Waals surface area contributed by atoms with Gasteiger partial charge in [-0.25, -0.2) is 9.18 Å². The van der Waals surface area contributed by atoms with Crippen molar-refractivity contribution in [2.45, 2.75) is 51.6 Å². The average molecular weight is 520 g/mol. The minimum atomic E-state index is -3.51. The number of carboxylic acid groups (broad SMARTS) is 1. The maximum atomic E-state index is 13.9. The average Bonchev–Trinajstić information content (AvgIpc) is 2.78. The molecule has 3 amide bonds.